The molecule has 1 spiro atoms. The Bertz CT molecular complexity index is 1580. The van der Waals surface area contributed by atoms with E-state index in [1.54, 1.807) is 42.2 Å². The number of rotatable bonds is 2. The van der Waals surface area contributed by atoms with E-state index in [0.29, 0.717) is 40.8 Å². The first-order valence-electron chi connectivity index (χ1n) is 11.5. The second-order valence-corrected chi connectivity index (χ2v) is 13.8. The van der Waals surface area contributed by atoms with E-state index >= 15 is 0 Å². The lowest BCUT2D eigenvalue weighted by molar-refractivity contribution is -0.115. The zero-order chi connectivity index (χ0) is 24.3. The molecule has 5 aliphatic rings. The molecule has 35 heavy (non-hydrogen) atoms. The minimum Gasteiger partial charge on any atom is -0.370 e. The van der Waals surface area contributed by atoms with Gasteiger partial charge >= 0.3 is 0 Å². The van der Waals surface area contributed by atoms with E-state index in [4.69, 9.17) is 4.99 Å². The van der Waals surface area contributed by atoms with Gasteiger partial charge in [0.1, 0.15) is 5.69 Å². The molecule has 3 atom stereocenters. The molecule has 1 fully saturated rings. The van der Waals surface area contributed by atoms with E-state index in [-0.39, 0.29) is 32.8 Å². The van der Waals surface area contributed by atoms with Crippen molar-refractivity contribution in [2.45, 2.75) is 41.7 Å². The molecule has 1 saturated heterocycles. The molecule has 4 heterocycles. The van der Waals surface area contributed by atoms with E-state index in [1.165, 1.54) is 0 Å². The average Bonchev–Trinajstić information content (AvgIpc) is 3.35. The zero-order valence-electron chi connectivity index (χ0n) is 18.7. The summed E-state index contributed by atoms with van der Waals surface area (Å²) < 4.78 is 29.1. The third kappa shape index (κ3) is 2.78. The molecule has 2 aromatic rings. The van der Waals surface area contributed by atoms with Gasteiger partial charge in [0.15, 0.2) is 5.78 Å². The number of benzene rings is 1. The maximum absolute atomic E-state index is 14.1. The quantitative estimate of drug-likeness (QED) is 0.594. The van der Waals surface area contributed by atoms with Crippen LogP contribution < -0.4 is 5.32 Å². The molecule has 10 heteroatoms. The fourth-order valence-corrected chi connectivity index (χ4v) is 9.75. The Morgan fingerprint density at radius 3 is 2.77 bits per heavy atom. The van der Waals surface area contributed by atoms with Gasteiger partial charge in [-0.15, -0.1) is 11.8 Å². The number of Topliss-reactive ketones (excluding diaryl/α,β-unsaturated/α-hetero) is 2. The van der Waals surface area contributed by atoms with Crippen LogP contribution in [0, 0.1) is 12.3 Å². The smallest absolute Gasteiger partial charge is 0.268 e. The number of ketones is 2. The highest BCUT2D eigenvalue weighted by Gasteiger charge is 2.59. The van der Waals surface area contributed by atoms with Gasteiger partial charge in [0.05, 0.1) is 26.2 Å². The highest BCUT2D eigenvalue weighted by atomic mass is 79.9. The summed E-state index contributed by atoms with van der Waals surface area (Å²) in [5.74, 6) is -0.267. The number of aryl methyl sites for hydroxylation is 1. The van der Waals surface area contributed by atoms with Crippen molar-refractivity contribution in [3.63, 3.8) is 0 Å². The van der Waals surface area contributed by atoms with Gasteiger partial charge in [0.25, 0.3) is 10.0 Å². The number of thioether (sulfide) groups is 1. The van der Waals surface area contributed by atoms with Crippen LogP contribution >= 0.6 is 27.7 Å². The molecule has 2 bridgehead atoms. The number of aliphatic imine (C=N–C) groups is 1. The maximum Gasteiger partial charge on any atom is 0.268 e. The van der Waals surface area contributed by atoms with Crippen LogP contribution in [-0.4, -0.2) is 46.8 Å². The summed E-state index contributed by atoms with van der Waals surface area (Å²) in [6.07, 6.45) is 5.28. The van der Waals surface area contributed by atoms with Gasteiger partial charge in [0, 0.05) is 41.0 Å². The molecule has 7 rings (SSSR count). The number of carbonyl (C=O) groups is 2. The predicted molar refractivity (Wildman–Crippen MR) is 137 cm³/mol. The molecule has 0 saturated carbocycles. The molecule has 1 aromatic carbocycles. The van der Waals surface area contributed by atoms with Crippen molar-refractivity contribution in [3.05, 3.63) is 74.7 Å². The molecular formula is C25H20BrN3O4S2. The second kappa shape index (κ2) is 7.08. The molecule has 1 aromatic heterocycles. The maximum atomic E-state index is 14.1. The molecule has 2 aliphatic carbocycles. The number of aromatic nitrogens is 1. The Balaban J connectivity index is 1.47. The Morgan fingerprint density at radius 1 is 1.23 bits per heavy atom. The Morgan fingerprint density at radius 2 is 2.00 bits per heavy atom. The van der Waals surface area contributed by atoms with Crippen molar-refractivity contribution in [2.24, 2.45) is 10.4 Å². The van der Waals surface area contributed by atoms with Crippen LogP contribution in [0.1, 0.15) is 40.0 Å². The van der Waals surface area contributed by atoms with Gasteiger partial charge in [-0.3, -0.25) is 14.6 Å². The van der Waals surface area contributed by atoms with Crippen molar-refractivity contribution in [1.82, 2.24) is 9.29 Å². The summed E-state index contributed by atoms with van der Waals surface area (Å²) in [5.41, 5.74) is 3.98. The van der Waals surface area contributed by atoms with Crippen LogP contribution in [0.25, 0.3) is 0 Å². The Kier molecular flexibility index (Phi) is 4.41. The first-order valence-corrected chi connectivity index (χ1v) is 14.6. The summed E-state index contributed by atoms with van der Waals surface area (Å²) in [5, 5.41) is 3.36. The standard InChI is InChI=1S/C25H20BrN3O4S2/c1-12-2-4-14(5-3-12)35(32,33)29-11-13-6-7-27-21-19(13)23(29)24(31)22-20(21)25-9-15(26)16(30)8-17(25)34-18(10-25)28-22/h2-5,9,11,17-18,28H,6-8,10H2,1H3/t17?,18-,25-/m0/s1. The summed E-state index contributed by atoms with van der Waals surface area (Å²) in [4.78, 5) is 31.6. The molecule has 178 valence electrons. The van der Waals surface area contributed by atoms with Crippen LogP contribution in [0.15, 0.2) is 62.2 Å². The van der Waals surface area contributed by atoms with E-state index in [1.807, 2.05) is 13.0 Å². The van der Waals surface area contributed by atoms with Gasteiger partial charge in [-0.25, -0.2) is 12.4 Å². The molecule has 0 amide bonds. The number of hydrogen-bond acceptors (Lipinski definition) is 7. The van der Waals surface area contributed by atoms with Crippen molar-refractivity contribution in [1.29, 1.82) is 0 Å². The first-order chi connectivity index (χ1) is 16.7. The number of nitrogens with one attached hydrogen (secondary N) is 1. The SMILES string of the molecule is Cc1ccc(S(=O)(=O)n2cc3c4c2C(=O)C2=C(C4=NCC3)[C@]34C=C(Br)C(=O)CC3S[C@@H](C4)N2)cc1. The minimum absolute atomic E-state index is 0.00195. The van der Waals surface area contributed by atoms with Crippen LogP contribution in [-0.2, 0) is 21.2 Å². The van der Waals surface area contributed by atoms with Gasteiger partial charge in [0.2, 0.25) is 5.78 Å². The average molecular weight is 570 g/mol. The molecule has 7 nitrogen and oxygen atoms in total. The topological polar surface area (TPSA) is 97.6 Å². The zero-order valence-corrected chi connectivity index (χ0v) is 21.9. The largest absolute Gasteiger partial charge is 0.370 e. The van der Waals surface area contributed by atoms with Crippen molar-refractivity contribution in [3.8, 4) is 0 Å². The van der Waals surface area contributed by atoms with Gasteiger partial charge in [-0.05, 0) is 53.4 Å². The summed E-state index contributed by atoms with van der Waals surface area (Å²) in [7, 11) is -3.98. The van der Waals surface area contributed by atoms with Crippen LogP contribution in [0.5, 0.6) is 0 Å². The highest BCUT2D eigenvalue weighted by Crippen LogP contribution is 2.61. The summed E-state index contributed by atoms with van der Waals surface area (Å²) in [6.45, 7) is 2.41. The number of hydrogen-bond donors (Lipinski definition) is 1. The highest BCUT2D eigenvalue weighted by molar-refractivity contribution is 9.12. The van der Waals surface area contributed by atoms with Crippen molar-refractivity contribution in [2.75, 3.05) is 6.54 Å². The van der Waals surface area contributed by atoms with Gasteiger partial charge in [-0.2, -0.15) is 0 Å². The number of allylic oxidation sites excluding steroid dienone is 4. The molecule has 0 radical (unpaired) electrons. The molecule has 1 N–H and O–H groups in total. The van der Waals surface area contributed by atoms with Crippen LogP contribution in [0.2, 0.25) is 0 Å². The summed E-state index contributed by atoms with van der Waals surface area (Å²) >= 11 is 5.14. The van der Waals surface area contributed by atoms with Crippen LogP contribution in [0.4, 0.5) is 0 Å². The fraction of sp³-hybridized carbons (Fsp3) is 0.320. The molecule has 1 unspecified atom stereocenters. The lowest BCUT2D eigenvalue weighted by Crippen LogP contribution is -2.48. The molecular weight excluding hydrogens is 550 g/mol. The van der Waals surface area contributed by atoms with Gasteiger partial charge in [-0.1, -0.05) is 23.8 Å². The van der Waals surface area contributed by atoms with Gasteiger partial charge < -0.3 is 5.32 Å². The number of halogens is 1. The summed E-state index contributed by atoms with van der Waals surface area (Å²) in [6, 6.07) is 6.65. The molecule has 3 aliphatic heterocycles. The lowest BCUT2D eigenvalue weighted by atomic mass is 9.64. The van der Waals surface area contributed by atoms with Crippen LogP contribution in [0.3, 0.4) is 0 Å². The van der Waals surface area contributed by atoms with E-state index in [9.17, 15) is 18.0 Å². The van der Waals surface area contributed by atoms with Crippen molar-refractivity contribution < 1.29 is 18.0 Å². The number of fused-ring (bicyclic) bond motifs is 2. The second-order valence-electron chi connectivity index (χ2n) is 9.67. The Hall–Kier alpha value is -2.43. The monoisotopic (exact) mass is 569 g/mol. The van der Waals surface area contributed by atoms with E-state index in [0.717, 1.165) is 27.1 Å². The number of nitrogens with zero attached hydrogens (tertiary/aromatic N) is 2. The minimum atomic E-state index is -3.98. The third-order valence-corrected chi connectivity index (χ3v) is 11.5. The van der Waals surface area contributed by atoms with Crippen molar-refractivity contribution >= 4 is 55.0 Å². The Labute approximate surface area is 214 Å². The predicted octanol–water partition coefficient (Wildman–Crippen LogP) is 3.50. The first kappa shape index (κ1) is 21.8. The van der Waals surface area contributed by atoms with E-state index < -0.39 is 15.4 Å². The van der Waals surface area contributed by atoms with E-state index in [2.05, 4.69) is 21.2 Å². The number of carbonyl (C=O) groups excluding carboxylic acids is 2. The fourth-order valence-electron chi connectivity index (χ4n) is 6.07. The normalized spacial score (nSPS) is 28.6. The lowest BCUT2D eigenvalue weighted by Gasteiger charge is -2.42. The third-order valence-electron chi connectivity index (χ3n) is 7.66.